The minimum atomic E-state index is -0.436. The van der Waals surface area contributed by atoms with Crippen molar-refractivity contribution in [1.29, 1.82) is 0 Å². The van der Waals surface area contributed by atoms with Crippen LogP contribution in [0.3, 0.4) is 0 Å². The van der Waals surface area contributed by atoms with Gasteiger partial charge in [0.25, 0.3) is 5.69 Å². The minimum Gasteiger partial charge on any atom is -0.373 e. The molecule has 0 aliphatic heterocycles. The lowest BCUT2D eigenvalue weighted by Crippen LogP contribution is -2.05. The number of aromatic nitrogens is 3. The highest BCUT2D eigenvalue weighted by Crippen LogP contribution is 2.20. The van der Waals surface area contributed by atoms with Gasteiger partial charge in [-0.2, -0.15) is 0 Å². The fourth-order valence-corrected chi connectivity index (χ4v) is 1.66. The first-order valence-corrected chi connectivity index (χ1v) is 5.52. The van der Waals surface area contributed by atoms with Crippen molar-refractivity contribution in [2.45, 2.75) is 13.3 Å². The molecule has 0 aromatic carbocycles. The van der Waals surface area contributed by atoms with E-state index in [0.29, 0.717) is 11.6 Å². The molecule has 7 nitrogen and oxygen atoms in total. The second-order valence-corrected chi connectivity index (χ2v) is 3.64. The van der Waals surface area contributed by atoms with E-state index in [9.17, 15) is 10.1 Å². The molecule has 2 aromatic heterocycles. The molecule has 94 valence electrons. The van der Waals surface area contributed by atoms with Crippen molar-refractivity contribution in [3.8, 4) is 5.82 Å². The lowest BCUT2D eigenvalue weighted by Gasteiger charge is -2.07. The Morgan fingerprint density at radius 3 is 2.89 bits per heavy atom. The average Bonchev–Trinajstić information content (AvgIpc) is 2.86. The first-order valence-electron chi connectivity index (χ1n) is 5.52. The molecule has 2 rings (SSSR count). The first kappa shape index (κ1) is 12.0. The second kappa shape index (κ2) is 4.82. The largest absolute Gasteiger partial charge is 0.373 e. The van der Waals surface area contributed by atoms with Gasteiger partial charge in [-0.1, -0.05) is 6.92 Å². The third kappa shape index (κ3) is 2.15. The number of nitrogens with zero attached hydrogens (tertiary/aromatic N) is 4. The zero-order chi connectivity index (χ0) is 13.1. The molecule has 0 aliphatic rings. The topological polar surface area (TPSA) is 85.9 Å². The van der Waals surface area contributed by atoms with E-state index in [0.717, 1.165) is 12.2 Å². The number of nitro groups is 1. The van der Waals surface area contributed by atoms with E-state index in [2.05, 4.69) is 15.3 Å². The Kier molecular flexibility index (Phi) is 3.22. The summed E-state index contributed by atoms with van der Waals surface area (Å²) in [6, 6.07) is 2.83. The van der Waals surface area contributed by atoms with Gasteiger partial charge in [0.15, 0.2) is 0 Å². The van der Waals surface area contributed by atoms with Gasteiger partial charge in [0.2, 0.25) is 0 Å². The molecule has 0 fully saturated rings. The van der Waals surface area contributed by atoms with Crippen molar-refractivity contribution in [3.05, 3.63) is 40.5 Å². The Balaban J connectivity index is 2.56. The number of imidazole rings is 1. The number of aryl methyl sites for hydroxylation is 1. The molecule has 1 N–H and O–H groups in total. The number of hydrogen-bond donors (Lipinski definition) is 1. The average molecular weight is 247 g/mol. The summed E-state index contributed by atoms with van der Waals surface area (Å²) < 4.78 is 1.74. The van der Waals surface area contributed by atoms with Crippen LogP contribution in [0.4, 0.5) is 11.5 Å². The van der Waals surface area contributed by atoms with E-state index in [1.807, 2.05) is 6.92 Å². The van der Waals surface area contributed by atoms with Gasteiger partial charge in [-0.3, -0.25) is 14.7 Å². The van der Waals surface area contributed by atoms with Crippen LogP contribution < -0.4 is 5.32 Å². The van der Waals surface area contributed by atoms with Crippen LogP contribution in [-0.2, 0) is 6.42 Å². The summed E-state index contributed by atoms with van der Waals surface area (Å²) in [6.07, 6.45) is 4.12. The zero-order valence-electron chi connectivity index (χ0n) is 10.1. The zero-order valence-corrected chi connectivity index (χ0v) is 10.1. The fraction of sp³-hybridized carbons (Fsp3) is 0.273. The highest BCUT2D eigenvalue weighted by molar-refractivity contribution is 5.50. The van der Waals surface area contributed by atoms with Crippen molar-refractivity contribution in [3.63, 3.8) is 0 Å². The van der Waals surface area contributed by atoms with Crippen LogP contribution in [0.5, 0.6) is 0 Å². The van der Waals surface area contributed by atoms with Crippen LogP contribution in [0, 0.1) is 10.1 Å². The summed E-state index contributed by atoms with van der Waals surface area (Å²) in [7, 11) is 1.67. The van der Waals surface area contributed by atoms with Gasteiger partial charge in [0, 0.05) is 25.9 Å². The molecule has 2 heterocycles. The molecular formula is C11H13N5O2. The quantitative estimate of drug-likeness (QED) is 0.657. The third-order valence-corrected chi connectivity index (χ3v) is 2.54. The smallest absolute Gasteiger partial charge is 0.276 e. The Labute approximate surface area is 104 Å². The van der Waals surface area contributed by atoms with E-state index >= 15 is 0 Å². The SMILES string of the molecule is CCc1nccn1-c1cc([N+](=O)[O-])cc(NC)n1. The normalized spacial score (nSPS) is 10.3. The maximum absolute atomic E-state index is 10.9. The van der Waals surface area contributed by atoms with Crippen molar-refractivity contribution < 1.29 is 4.92 Å². The molecular weight excluding hydrogens is 234 g/mol. The van der Waals surface area contributed by atoms with Crippen molar-refractivity contribution in [2.75, 3.05) is 12.4 Å². The molecule has 18 heavy (non-hydrogen) atoms. The van der Waals surface area contributed by atoms with Gasteiger partial charge in [-0.05, 0) is 0 Å². The van der Waals surface area contributed by atoms with Gasteiger partial charge in [0.05, 0.1) is 17.1 Å². The lowest BCUT2D eigenvalue weighted by atomic mass is 10.3. The number of hydrogen-bond acceptors (Lipinski definition) is 5. The molecule has 0 unspecified atom stereocenters. The summed E-state index contributed by atoms with van der Waals surface area (Å²) in [5, 5.41) is 13.7. The van der Waals surface area contributed by atoms with Gasteiger partial charge in [0.1, 0.15) is 17.5 Å². The summed E-state index contributed by atoms with van der Waals surface area (Å²) in [6.45, 7) is 1.97. The van der Waals surface area contributed by atoms with E-state index in [4.69, 9.17) is 0 Å². The maximum atomic E-state index is 10.9. The molecule has 0 radical (unpaired) electrons. The number of anilines is 1. The molecule has 0 spiro atoms. The van der Waals surface area contributed by atoms with Gasteiger partial charge in [-0.15, -0.1) is 0 Å². The number of rotatable bonds is 4. The summed E-state index contributed by atoms with van der Waals surface area (Å²) >= 11 is 0. The Morgan fingerprint density at radius 2 is 2.28 bits per heavy atom. The Bertz CT molecular complexity index is 579. The van der Waals surface area contributed by atoms with Crippen molar-refractivity contribution in [2.24, 2.45) is 0 Å². The molecule has 0 saturated heterocycles. The van der Waals surface area contributed by atoms with Gasteiger partial charge >= 0.3 is 0 Å². The molecule has 0 amide bonds. The summed E-state index contributed by atoms with van der Waals surface area (Å²) in [4.78, 5) is 18.9. The van der Waals surface area contributed by atoms with E-state index in [1.165, 1.54) is 12.1 Å². The van der Waals surface area contributed by atoms with Crippen LogP contribution in [0.1, 0.15) is 12.7 Å². The fourth-order valence-electron chi connectivity index (χ4n) is 1.66. The predicted molar refractivity (Wildman–Crippen MR) is 66.9 cm³/mol. The molecule has 2 aromatic rings. The maximum Gasteiger partial charge on any atom is 0.276 e. The van der Waals surface area contributed by atoms with E-state index in [-0.39, 0.29) is 5.69 Å². The third-order valence-electron chi connectivity index (χ3n) is 2.54. The number of nitrogens with one attached hydrogen (secondary N) is 1. The highest BCUT2D eigenvalue weighted by Gasteiger charge is 2.13. The van der Waals surface area contributed by atoms with Gasteiger partial charge in [-0.25, -0.2) is 9.97 Å². The van der Waals surface area contributed by atoms with Crippen LogP contribution in [-0.4, -0.2) is 26.5 Å². The van der Waals surface area contributed by atoms with E-state index < -0.39 is 4.92 Å². The van der Waals surface area contributed by atoms with Crippen LogP contribution in [0.15, 0.2) is 24.5 Å². The minimum absolute atomic E-state index is 0.0000954. The standard InChI is InChI=1S/C11H13N5O2/c1-3-10-13-4-5-15(10)11-7-8(16(17)18)6-9(12-2)14-11/h4-7H,3H2,1-2H3,(H,12,14). The number of pyridine rings is 1. The second-order valence-electron chi connectivity index (χ2n) is 3.64. The highest BCUT2D eigenvalue weighted by atomic mass is 16.6. The van der Waals surface area contributed by atoms with Crippen LogP contribution in [0.25, 0.3) is 5.82 Å². The van der Waals surface area contributed by atoms with Crippen LogP contribution in [0.2, 0.25) is 0 Å². The summed E-state index contributed by atoms with van der Waals surface area (Å²) in [5.41, 5.74) is 0.0000954. The van der Waals surface area contributed by atoms with Crippen molar-refractivity contribution >= 4 is 11.5 Å². The monoisotopic (exact) mass is 247 g/mol. The molecule has 0 saturated carbocycles. The predicted octanol–water partition coefficient (Wildman–Crippen LogP) is 1.78. The van der Waals surface area contributed by atoms with Crippen molar-refractivity contribution in [1.82, 2.24) is 14.5 Å². The molecule has 7 heteroatoms. The molecule has 0 atom stereocenters. The van der Waals surface area contributed by atoms with Crippen LogP contribution >= 0.6 is 0 Å². The lowest BCUT2D eigenvalue weighted by molar-refractivity contribution is -0.384. The molecule has 0 aliphatic carbocycles. The Hall–Kier alpha value is -2.44. The van der Waals surface area contributed by atoms with E-state index in [1.54, 1.807) is 24.0 Å². The molecule has 0 bridgehead atoms. The Morgan fingerprint density at radius 1 is 1.50 bits per heavy atom. The van der Waals surface area contributed by atoms with Gasteiger partial charge < -0.3 is 5.32 Å². The summed E-state index contributed by atoms with van der Waals surface area (Å²) in [5.74, 6) is 1.75. The first-order chi connectivity index (χ1) is 8.65.